The molecule has 1 aromatic heterocycles. The van der Waals surface area contributed by atoms with Gasteiger partial charge in [-0.1, -0.05) is 36.6 Å². The van der Waals surface area contributed by atoms with Crippen molar-refractivity contribution < 1.29 is 9.32 Å². The van der Waals surface area contributed by atoms with Crippen molar-refractivity contribution in [3.8, 4) is 0 Å². The highest BCUT2D eigenvalue weighted by molar-refractivity contribution is 6.04. The van der Waals surface area contributed by atoms with Crippen LogP contribution in [-0.2, 0) is 6.54 Å². The Morgan fingerprint density at radius 2 is 2.04 bits per heavy atom. The number of piperidine rings is 1. The van der Waals surface area contributed by atoms with Gasteiger partial charge in [0.2, 0.25) is 0 Å². The van der Waals surface area contributed by atoms with E-state index in [2.05, 4.69) is 21.4 Å². The lowest BCUT2D eigenvalue weighted by molar-refractivity contribution is 0.0820. The molecule has 0 radical (unpaired) electrons. The minimum absolute atomic E-state index is 0.114. The van der Waals surface area contributed by atoms with E-state index in [1.165, 1.54) is 50.8 Å². The number of likely N-dealkylation sites (tertiary alicyclic amines) is 1. The third-order valence-corrected chi connectivity index (χ3v) is 6.24. The summed E-state index contributed by atoms with van der Waals surface area (Å²) in [6.07, 6.45) is 6.96. The molecule has 0 unspecified atom stereocenters. The number of nitrogens with zero attached hydrogens (tertiary/aromatic N) is 2. The zero-order valence-electron chi connectivity index (χ0n) is 16.3. The first kappa shape index (κ1) is 18.2. The van der Waals surface area contributed by atoms with Crippen molar-refractivity contribution in [2.45, 2.75) is 52.5 Å². The van der Waals surface area contributed by atoms with Gasteiger partial charge in [0.25, 0.3) is 5.91 Å². The molecule has 2 aromatic rings. The highest BCUT2D eigenvalue weighted by atomic mass is 16.5. The molecule has 1 saturated heterocycles. The number of carbonyl (C=O) groups excluding carboxylic acids is 1. The molecule has 1 aliphatic heterocycles. The van der Waals surface area contributed by atoms with Gasteiger partial charge >= 0.3 is 0 Å². The van der Waals surface area contributed by atoms with Gasteiger partial charge in [0.15, 0.2) is 5.76 Å². The molecule has 144 valence electrons. The second-order valence-corrected chi connectivity index (χ2v) is 8.18. The summed E-state index contributed by atoms with van der Waals surface area (Å²) in [6.45, 7) is 6.95. The molecule has 2 atom stereocenters. The lowest BCUT2D eigenvalue weighted by Gasteiger charge is -2.41. The Morgan fingerprint density at radius 1 is 1.22 bits per heavy atom. The van der Waals surface area contributed by atoms with E-state index in [-0.39, 0.29) is 5.91 Å². The zero-order valence-corrected chi connectivity index (χ0v) is 16.3. The smallest absolute Gasteiger partial charge is 0.255 e. The SMILES string of the molecule is Cc1noc(C)c1NC(=O)c1cccc(CN2CC[C@@H]3CCCC[C@H]3C2)c1. The number of hydrogen-bond donors (Lipinski definition) is 1. The minimum Gasteiger partial charge on any atom is -0.359 e. The second kappa shape index (κ2) is 7.85. The van der Waals surface area contributed by atoms with Crippen LogP contribution in [0, 0.1) is 25.7 Å². The van der Waals surface area contributed by atoms with Crippen molar-refractivity contribution in [3.63, 3.8) is 0 Å². The van der Waals surface area contributed by atoms with Crippen LogP contribution >= 0.6 is 0 Å². The Bertz CT molecular complexity index is 794. The van der Waals surface area contributed by atoms with Crippen molar-refractivity contribution in [2.24, 2.45) is 11.8 Å². The van der Waals surface area contributed by atoms with E-state index in [1.807, 2.05) is 25.1 Å². The monoisotopic (exact) mass is 367 g/mol. The average molecular weight is 367 g/mol. The van der Waals surface area contributed by atoms with Crippen LogP contribution in [0.15, 0.2) is 28.8 Å². The fraction of sp³-hybridized carbons (Fsp3) is 0.545. The molecule has 0 bridgehead atoms. The van der Waals surface area contributed by atoms with Crippen LogP contribution in [0.1, 0.15) is 59.5 Å². The molecule has 1 N–H and O–H groups in total. The van der Waals surface area contributed by atoms with E-state index >= 15 is 0 Å². The van der Waals surface area contributed by atoms with E-state index < -0.39 is 0 Å². The number of aromatic nitrogens is 1. The van der Waals surface area contributed by atoms with E-state index in [4.69, 9.17) is 4.52 Å². The van der Waals surface area contributed by atoms with Gasteiger partial charge in [-0.3, -0.25) is 9.69 Å². The van der Waals surface area contributed by atoms with Crippen molar-refractivity contribution in [1.29, 1.82) is 0 Å². The Kier molecular flexibility index (Phi) is 5.30. The van der Waals surface area contributed by atoms with Crippen LogP contribution in [0.5, 0.6) is 0 Å². The summed E-state index contributed by atoms with van der Waals surface area (Å²) < 4.78 is 5.13. The maximum atomic E-state index is 12.7. The minimum atomic E-state index is -0.114. The number of fused-ring (bicyclic) bond motifs is 1. The molecule has 4 rings (SSSR count). The maximum Gasteiger partial charge on any atom is 0.255 e. The molecule has 2 heterocycles. The quantitative estimate of drug-likeness (QED) is 0.861. The Morgan fingerprint density at radius 3 is 2.81 bits per heavy atom. The molecule has 5 heteroatoms. The molecule has 1 saturated carbocycles. The van der Waals surface area contributed by atoms with Gasteiger partial charge in [-0.15, -0.1) is 0 Å². The summed E-state index contributed by atoms with van der Waals surface area (Å²) in [6, 6.07) is 7.98. The van der Waals surface area contributed by atoms with Crippen molar-refractivity contribution in [3.05, 3.63) is 46.8 Å². The fourth-order valence-electron chi connectivity index (χ4n) is 4.74. The summed E-state index contributed by atoms with van der Waals surface area (Å²) in [5.41, 5.74) is 3.26. The molecule has 2 aliphatic rings. The molecule has 1 aliphatic carbocycles. The van der Waals surface area contributed by atoms with Gasteiger partial charge in [0.1, 0.15) is 11.4 Å². The van der Waals surface area contributed by atoms with Gasteiger partial charge in [0.05, 0.1) is 0 Å². The molecule has 0 spiro atoms. The predicted molar refractivity (Wildman–Crippen MR) is 106 cm³/mol. The predicted octanol–water partition coefficient (Wildman–Crippen LogP) is 4.56. The van der Waals surface area contributed by atoms with Gasteiger partial charge in [-0.05, 0) is 62.8 Å². The van der Waals surface area contributed by atoms with Gasteiger partial charge in [-0.2, -0.15) is 0 Å². The number of nitrogens with one attached hydrogen (secondary N) is 1. The third kappa shape index (κ3) is 4.08. The maximum absolute atomic E-state index is 12.7. The van der Waals surface area contributed by atoms with Crippen LogP contribution in [0.25, 0.3) is 0 Å². The molecule has 1 amide bonds. The number of rotatable bonds is 4. The van der Waals surface area contributed by atoms with Crippen LogP contribution in [0.4, 0.5) is 5.69 Å². The first-order chi connectivity index (χ1) is 13.1. The number of hydrogen-bond acceptors (Lipinski definition) is 4. The largest absolute Gasteiger partial charge is 0.359 e. The van der Waals surface area contributed by atoms with Crippen LogP contribution in [0.3, 0.4) is 0 Å². The van der Waals surface area contributed by atoms with Gasteiger partial charge in [0, 0.05) is 18.7 Å². The number of aryl methyl sites for hydroxylation is 2. The third-order valence-electron chi connectivity index (χ3n) is 6.24. The van der Waals surface area contributed by atoms with Crippen LogP contribution in [-0.4, -0.2) is 29.1 Å². The normalized spacial score (nSPS) is 23.0. The van der Waals surface area contributed by atoms with Crippen LogP contribution < -0.4 is 5.32 Å². The summed E-state index contributed by atoms with van der Waals surface area (Å²) in [4.78, 5) is 15.2. The summed E-state index contributed by atoms with van der Waals surface area (Å²) in [5.74, 6) is 2.34. The van der Waals surface area contributed by atoms with Gasteiger partial charge < -0.3 is 9.84 Å². The van der Waals surface area contributed by atoms with Crippen molar-refractivity contribution >= 4 is 11.6 Å². The number of amides is 1. The number of anilines is 1. The first-order valence-electron chi connectivity index (χ1n) is 10.2. The second-order valence-electron chi connectivity index (χ2n) is 8.18. The first-order valence-corrected chi connectivity index (χ1v) is 10.2. The number of benzene rings is 1. The fourth-order valence-corrected chi connectivity index (χ4v) is 4.74. The molecule has 2 fully saturated rings. The zero-order chi connectivity index (χ0) is 18.8. The number of carbonyl (C=O) groups is 1. The lowest BCUT2D eigenvalue weighted by atomic mass is 9.75. The highest BCUT2D eigenvalue weighted by Gasteiger charge is 2.30. The standard InChI is InChI=1S/C22H29N3O2/c1-15-21(16(2)27-24-15)23-22(26)19-9-5-6-17(12-19)13-25-11-10-18-7-3-4-8-20(18)14-25/h5-6,9,12,18,20H,3-4,7-8,10-11,13-14H2,1-2H3,(H,23,26)/t18-,20-/m0/s1. The average Bonchev–Trinajstić information content (AvgIpc) is 3.00. The topological polar surface area (TPSA) is 58.4 Å². The molecular formula is C22H29N3O2. The molecule has 1 aromatic carbocycles. The van der Waals surface area contributed by atoms with Gasteiger partial charge in [-0.25, -0.2) is 0 Å². The van der Waals surface area contributed by atoms with Crippen molar-refractivity contribution in [2.75, 3.05) is 18.4 Å². The highest BCUT2D eigenvalue weighted by Crippen LogP contribution is 2.36. The summed E-state index contributed by atoms with van der Waals surface area (Å²) in [7, 11) is 0. The Labute approximate surface area is 161 Å². The molecular weight excluding hydrogens is 338 g/mol. The van der Waals surface area contributed by atoms with E-state index in [1.54, 1.807) is 6.92 Å². The summed E-state index contributed by atoms with van der Waals surface area (Å²) in [5, 5.41) is 6.83. The summed E-state index contributed by atoms with van der Waals surface area (Å²) >= 11 is 0. The Hall–Kier alpha value is -2.14. The molecule has 27 heavy (non-hydrogen) atoms. The lowest BCUT2D eigenvalue weighted by Crippen LogP contribution is -2.41. The van der Waals surface area contributed by atoms with E-state index in [0.29, 0.717) is 22.7 Å². The van der Waals surface area contributed by atoms with Crippen LogP contribution in [0.2, 0.25) is 0 Å². The van der Waals surface area contributed by atoms with E-state index in [0.717, 1.165) is 18.4 Å². The molecule has 5 nitrogen and oxygen atoms in total. The van der Waals surface area contributed by atoms with Crippen molar-refractivity contribution in [1.82, 2.24) is 10.1 Å². The van der Waals surface area contributed by atoms with E-state index in [9.17, 15) is 4.79 Å². The Balaban J connectivity index is 1.41.